The van der Waals surface area contributed by atoms with Crippen LogP contribution < -0.4 is 5.32 Å². The molecule has 1 aliphatic rings. The molecule has 1 aromatic rings. The summed E-state index contributed by atoms with van der Waals surface area (Å²) in [5.41, 5.74) is 0.415. The van der Waals surface area contributed by atoms with Crippen LogP contribution in [-0.2, 0) is 14.4 Å². The summed E-state index contributed by atoms with van der Waals surface area (Å²) >= 11 is 0. The van der Waals surface area contributed by atoms with Gasteiger partial charge in [-0.2, -0.15) is 0 Å². The largest absolute Gasteiger partial charge is 0.481 e. The van der Waals surface area contributed by atoms with Crippen LogP contribution in [0.3, 0.4) is 0 Å². The minimum absolute atomic E-state index is 0.0929. The topological polar surface area (TPSA) is 86.7 Å². The van der Waals surface area contributed by atoms with Crippen LogP contribution in [0.4, 0.5) is 4.39 Å². The monoisotopic (exact) mass is 322 g/mol. The number of nitrogens with one attached hydrogen (secondary N) is 1. The van der Waals surface area contributed by atoms with Crippen LogP contribution in [0.25, 0.3) is 0 Å². The van der Waals surface area contributed by atoms with E-state index in [0.717, 1.165) is 0 Å². The predicted molar refractivity (Wildman–Crippen MR) is 80.1 cm³/mol. The number of likely N-dealkylation sites (tertiary alicyclic amines) is 1. The molecule has 1 fully saturated rings. The number of carbonyl (C=O) groups is 3. The Morgan fingerprint density at radius 3 is 2.61 bits per heavy atom. The number of halogens is 1. The minimum atomic E-state index is -1.10. The first-order valence-corrected chi connectivity index (χ1v) is 7.38. The summed E-state index contributed by atoms with van der Waals surface area (Å²) in [6, 6.07) is 5.14. The van der Waals surface area contributed by atoms with Gasteiger partial charge >= 0.3 is 5.97 Å². The second-order valence-electron chi connectivity index (χ2n) is 5.69. The van der Waals surface area contributed by atoms with Gasteiger partial charge in [0.15, 0.2) is 0 Å². The highest BCUT2D eigenvalue weighted by Crippen LogP contribution is 2.19. The second kappa shape index (κ2) is 7.21. The lowest BCUT2D eigenvalue weighted by Crippen LogP contribution is -2.43. The Morgan fingerprint density at radius 2 is 2.04 bits per heavy atom. The molecule has 2 rings (SSSR count). The minimum Gasteiger partial charge on any atom is -0.481 e. The number of rotatable bonds is 5. The van der Waals surface area contributed by atoms with Crippen molar-refractivity contribution in [2.24, 2.45) is 5.92 Å². The standard InChI is InChI=1S/C16H19FN2O4/c1-19-7-6-11(8-14(19)20)15(21)18-9-13(16(22)23)10-2-4-12(17)5-3-10/h2-5,11,13H,6-9H2,1H3,(H,18,21)(H,22,23). The maximum Gasteiger partial charge on any atom is 0.312 e. The fourth-order valence-electron chi connectivity index (χ4n) is 2.56. The number of piperidine rings is 1. The van der Waals surface area contributed by atoms with Crippen molar-refractivity contribution in [2.45, 2.75) is 18.8 Å². The van der Waals surface area contributed by atoms with Gasteiger partial charge in [-0.1, -0.05) is 12.1 Å². The number of carboxylic acids is 1. The van der Waals surface area contributed by atoms with Crippen molar-refractivity contribution >= 4 is 17.8 Å². The van der Waals surface area contributed by atoms with Crippen molar-refractivity contribution in [1.29, 1.82) is 0 Å². The summed E-state index contributed by atoms with van der Waals surface area (Å²) < 4.78 is 12.9. The molecule has 0 radical (unpaired) electrons. The Morgan fingerprint density at radius 1 is 1.39 bits per heavy atom. The fraction of sp³-hybridized carbons (Fsp3) is 0.438. The zero-order valence-corrected chi connectivity index (χ0v) is 12.8. The van der Waals surface area contributed by atoms with Crippen LogP contribution in [0, 0.1) is 11.7 Å². The van der Waals surface area contributed by atoms with Gasteiger partial charge in [0.2, 0.25) is 11.8 Å². The molecular weight excluding hydrogens is 303 g/mol. The average Bonchev–Trinajstić information content (AvgIpc) is 2.51. The van der Waals surface area contributed by atoms with E-state index in [1.165, 1.54) is 24.3 Å². The molecule has 6 nitrogen and oxygen atoms in total. The maximum absolute atomic E-state index is 12.9. The first-order chi connectivity index (χ1) is 10.9. The number of nitrogens with zero attached hydrogens (tertiary/aromatic N) is 1. The van der Waals surface area contributed by atoms with Gasteiger partial charge < -0.3 is 15.3 Å². The third-order valence-electron chi connectivity index (χ3n) is 4.08. The SMILES string of the molecule is CN1CCC(C(=O)NCC(C(=O)O)c2ccc(F)cc2)CC1=O. The molecule has 2 N–H and O–H groups in total. The molecule has 0 bridgehead atoms. The van der Waals surface area contributed by atoms with Crippen LogP contribution >= 0.6 is 0 Å². The van der Waals surface area contributed by atoms with Gasteiger partial charge in [-0.15, -0.1) is 0 Å². The number of benzene rings is 1. The van der Waals surface area contributed by atoms with Crippen molar-refractivity contribution in [3.05, 3.63) is 35.6 Å². The number of carboxylic acid groups (broad SMARTS) is 1. The van der Waals surface area contributed by atoms with Gasteiger partial charge in [-0.3, -0.25) is 14.4 Å². The first-order valence-electron chi connectivity index (χ1n) is 7.38. The Labute approximate surface area is 133 Å². The molecule has 0 saturated carbocycles. The van der Waals surface area contributed by atoms with E-state index in [-0.39, 0.29) is 24.8 Å². The Hall–Kier alpha value is -2.44. The highest BCUT2D eigenvalue weighted by Gasteiger charge is 2.29. The Bertz CT molecular complexity index is 603. The number of hydrogen-bond donors (Lipinski definition) is 2. The summed E-state index contributed by atoms with van der Waals surface area (Å²) in [6.45, 7) is 0.414. The maximum atomic E-state index is 12.9. The van der Waals surface area contributed by atoms with Crippen molar-refractivity contribution < 1.29 is 23.9 Å². The summed E-state index contributed by atoms with van der Waals surface area (Å²) in [6.07, 6.45) is 0.693. The van der Waals surface area contributed by atoms with E-state index in [0.29, 0.717) is 18.5 Å². The third-order valence-corrected chi connectivity index (χ3v) is 4.08. The summed E-state index contributed by atoms with van der Waals surface area (Å²) in [7, 11) is 1.69. The summed E-state index contributed by atoms with van der Waals surface area (Å²) in [4.78, 5) is 36.7. The Balaban J connectivity index is 1.96. The van der Waals surface area contributed by atoms with E-state index in [2.05, 4.69) is 5.32 Å². The van der Waals surface area contributed by atoms with Crippen LogP contribution in [0.5, 0.6) is 0 Å². The fourth-order valence-corrected chi connectivity index (χ4v) is 2.56. The van der Waals surface area contributed by atoms with Crippen molar-refractivity contribution in [3.8, 4) is 0 Å². The molecule has 2 atom stereocenters. The van der Waals surface area contributed by atoms with E-state index in [1.807, 2.05) is 0 Å². The molecule has 0 aliphatic carbocycles. The smallest absolute Gasteiger partial charge is 0.312 e. The Kier molecular flexibility index (Phi) is 5.31. The van der Waals surface area contributed by atoms with E-state index in [4.69, 9.17) is 0 Å². The van der Waals surface area contributed by atoms with Gasteiger partial charge in [0.25, 0.3) is 0 Å². The molecule has 1 saturated heterocycles. The molecule has 7 heteroatoms. The zero-order chi connectivity index (χ0) is 17.0. The van der Waals surface area contributed by atoms with Crippen LogP contribution in [0.15, 0.2) is 24.3 Å². The lowest BCUT2D eigenvalue weighted by atomic mass is 9.94. The van der Waals surface area contributed by atoms with Gasteiger partial charge in [-0.05, 0) is 24.1 Å². The van der Waals surface area contributed by atoms with Crippen molar-refractivity contribution in [1.82, 2.24) is 10.2 Å². The number of aliphatic carboxylic acids is 1. The molecule has 23 heavy (non-hydrogen) atoms. The normalized spacial score (nSPS) is 19.3. The van der Waals surface area contributed by atoms with Crippen molar-refractivity contribution in [2.75, 3.05) is 20.1 Å². The van der Waals surface area contributed by atoms with Crippen LogP contribution in [-0.4, -0.2) is 47.9 Å². The first kappa shape index (κ1) is 16.9. The van der Waals surface area contributed by atoms with Gasteiger partial charge in [0, 0.05) is 32.5 Å². The predicted octanol–water partition coefficient (Wildman–Crippen LogP) is 0.978. The molecular formula is C16H19FN2O4. The van der Waals surface area contributed by atoms with E-state index >= 15 is 0 Å². The molecule has 1 aromatic carbocycles. The second-order valence-corrected chi connectivity index (χ2v) is 5.69. The van der Waals surface area contributed by atoms with E-state index in [1.54, 1.807) is 11.9 Å². The van der Waals surface area contributed by atoms with Gasteiger partial charge in [0.1, 0.15) is 5.82 Å². The summed E-state index contributed by atoms with van der Waals surface area (Å²) in [5.74, 6) is -3.35. The highest BCUT2D eigenvalue weighted by molar-refractivity contribution is 5.87. The quantitative estimate of drug-likeness (QED) is 0.846. The lowest BCUT2D eigenvalue weighted by Gasteiger charge is -2.28. The number of amides is 2. The van der Waals surface area contributed by atoms with Gasteiger partial charge in [0.05, 0.1) is 5.92 Å². The van der Waals surface area contributed by atoms with Gasteiger partial charge in [-0.25, -0.2) is 4.39 Å². The van der Waals surface area contributed by atoms with Crippen molar-refractivity contribution in [3.63, 3.8) is 0 Å². The highest BCUT2D eigenvalue weighted by atomic mass is 19.1. The summed E-state index contributed by atoms with van der Waals surface area (Å²) in [5, 5.41) is 11.9. The molecule has 0 spiro atoms. The average molecular weight is 322 g/mol. The third kappa shape index (κ3) is 4.28. The zero-order valence-electron chi connectivity index (χ0n) is 12.8. The molecule has 2 amide bonds. The molecule has 1 aliphatic heterocycles. The number of hydrogen-bond acceptors (Lipinski definition) is 3. The van der Waals surface area contributed by atoms with E-state index < -0.39 is 23.6 Å². The molecule has 0 aromatic heterocycles. The molecule has 124 valence electrons. The van der Waals surface area contributed by atoms with Crippen LogP contribution in [0.1, 0.15) is 24.3 Å². The van der Waals surface area contributed by atoms with E-state index in [9.17, 15) is 23.9 Å². The molecule has 1 heterocycles. The molecule has 2 unspecified atom stereocenters. The lowest BCUT2D eigenvalue weighted by molar-refractivity contribution is -0.140. The van der Waals surface area contributed by atoms with Crippen LogP contribution in [0.2, 0.25) is 0 Å². The number of carbonyl (C=O) groups excluding carboxylic acids is 2.